The summed E-state index contributed by atoms with van der Waals surface area (Å²) in [5.74, 6) is -1.01. The van der Waals surface area contributed by atoms with Crippen molar-refractivity contribution in [3.8, 4) is 0 Å². The first-order valence-electron chi connectivity index (χ1n) is 6.04. The minimum Gasteiger partial charge on any atom is -0.479 e. The molecule has 2 atom stereocenters. The summed E-state index contributed by atoms with van der Waals surface area (Å²) in [5.41, 5.74) is 0. The summed E-state index contributed by atoms with van der Waals surface area (Å²) in [7, 11) is 0. The fraction of sp³-hybridized carbons (Fsp3) is 0.583. The maximum absolute atomic E-state index is 12.0. The van der Waals surface area contributed by atoms with Gasteiger partial charge in [-0.15, -0.1) is 11.3 Å². The Kier molecular flexibility index (Phi) is 4.16. The van der Waals surface area contributed by atoms with Crippen molar-refractivity contribution >= 4 is 23.2 Å². The fourth-order valence-electron chi connectivity index (χ4n) is 2.11. The minimum atomic E-state index is -1.07. The van der Waals surface area contributed by atoms with Gasteiger partial charge in [-0.2, -0.15) is 0 Å². The largest absolute Gasteiger partial charge is 0.479 e. The number of morpholine rings is 1. The molecule has 0 aliphatic carbocycles. The summed E-state index contributed by atoms with van der Waals surface area (Å²) >= 11 is 1.34. The highest BCUT2D eigenvalue weighted by Gasteiger charge is 2.43. The van der Waals surface area contributed by atoms with E-state index < -0.39 is 18.1 Å². The zero-order valence-electron chi connectivity index (χ0n) is 10.8. The molecule has 1 fully saturated rings. The first kappa shape index (κ1) is 14.0. The second-order valence-corrected chi connectivity index (χ2v) is 5.75. The summed E-state index contributed by atoms with van der Waals surface area (Å²) in [6, 6.07) is -0.638. The van der Waals surface area contributed by atoms with Crippen molar-refractivity contribution in [3.05, 3.63) is 16.6 Å². The van der Waals surface area contributed by atoms with E-state index >= 15 is 0 Å². The van der Waals surface area contributed by atoms with E-state index in [-0.39, 0.29) is 18.4 Å². The lowest BCUT2D eigenvalue weighted by atomic mass is 10.1. The number of ether oxygens (including phenoxy) is 1. The average Bonchev–Trinajstić information content (AvgIpc) is 2.84. The molecule has 2 unspecified atom stereocenters. The molecule has 19 heavy (non-hydrogen) atoms. The second kappa shape index (κ2) is 5.66. The van der Waals surface area contributed by atoms with Crippen LogP contribution in [0.4, 0.5) is 0 Å². The zero-order chi connectivity index (χ0) is 14.0. The van der Waals surface area contributed by atoms with E-state index in [0.29, 0.717) is 11.6 Å². The Morgan fingerprint density at radius 3 is 2.95 bits per heavy atom. The fourth-order valence-corrected chi connectivity index (χ4v) is 2.89. The average molecular weight is 284 g/mol. The van der Waals surface area contributed by atoms with Gasteiger partial charge in [0, 0.05) is 18.1 Å². The Morgan fingerprint density at radius 2 is 2.42 bits per heavy atom. The summed E-state index contributed by atoms with van der Waals surface area (Å²) in [6.07, 6.45) is 0.550. The molecule has 0 radical (unpaired) electrons. The van der Waals surface area contributed by atoms with Crippen LogP contribution in [0.3, 0.4) is 0 Å². The van der Waals surface area contributed by atoms with Crippen molar-refractivity contribution in [1.82, 2.24) is 9.88 Å². The molecular weight excluding hydrogens is 268 g/mol. The monoisotopic (exact) mass is 284 g/mol. The van der Waals surface area contributed by atoms with Crippen LogP contribution in [0.1, 0.15) is 24.9 Å². The van der Waals surface area contributed by atoms with Gasteiger partial charge in [0.25, 0.3) is 0 Å². The molecule has 0 aromatic carbocycles. The normalized spacial score (nSPS) is 23.9. The number of carboxylic acids is 1. The van der Waals surface area contributed by atoms with Crippen molar-refractivity contribution in [2.75, 3.05) is 13.2 Å². The van der Waals surface area contributed by atoms with E-state index in [1.807, 2.05) is 13.8 Å². The molecule has 0 spiro atoms. The van der Waals surface area contributed by atoms with Crippen LogP contribution >= 0.6 is 11.3 Å². The van der Waals surface area contributed by atoms with Gasteiger partial charge in [-0.05, 0) is 5.92 Å². The van der Waals surface area contributed by atoms with Gasteiger partial charge in [-0.1, -0.05) is 13.8 Å². The number of carbonyl (C=O) groups is 2. The van der Waals surface area contributed by atoms with Crippen LogP contribution in [0.25, 0.3) is 0 Å². The highest BCUT2D eigenvalue weighted by atomic mass is 32.1. The Bertz CT molecular complexity index is 460. The highest BCUT2D eigenvalue weighted by Crippen LogP contribution is 2.32. The standard InChI is InChI=1S/C12H16N2O4S/c1-7(2)5-14-8(15)6-18-10(12(16)17)9(14)11-13-3-4-19-11/h3-4,7,9-10H,5-6H2,1-2H3,(H,16,17). The third-order valence-corrected chi connectivity index (χ3v) is 3.69. The number of aliphatic carboxylic acids is 1. The summed E-state index contributed by atoms with van der Waals surface area (Å²) in [4.78, 5) is 29.0. The van der Waals surface area contributed by atoms with Crippen LogP contribution in [0, 0.1) is 5.92 Å². The number of rotatable bonds is 4. The molecular formula is C12H16N2O4S. The van der Waals surface area contributed by atoms with Gasteiger partial charge in [-0.25, -0.2) is 9.78 Å². The zero-order valence-corrected chi connectivity index (χ0v) is 11.6. The molecule has 1 aliphatic heterocycles. The molecule has 1 saturated heterocycles. The molecule has 1 aromatic heterocycles. The minimum absolute atomic E-state index is 0.189. The van der Waals surface area contributed by atoms with E-state index in [1.165, 1.54) is 11.3 Å². The van der Waals surface area contributed by atoms with Gasteiger partial charge < -0.3 is 14.7 Å². The third-order valence-electron chi connectivity index (χ3n) is 2.84. The summed E-state index contributed by atoms with van der Waals surface area (Å²) < 4.78 is 5.18. The quantitative estimate of drug-likeness (QED) is 0.897. The van der Waals surface area contributed by atoms with Crippen molar-refractivity contribution in [2.45, 2.75) is 26.0 Å². The van der Waals surface area contributed by atoms with Gasteiger partial charge in [0.1, 0.15) is 17.7 Å². The lowest BCUT2D eigenvalue weighted by Crippen LogP contribution is -2.52. The van der Waals surface area contributed by atoms with Crippen LogP contribution in [0.2, 0.25) is 0 Å². The van der Waals surface area contributed by atoms with Gasteiger partial charge in [0.05, 0.1) is 0 Å². The van der Waals surface area contributed by atoms with E-state index in [1.54, 1.807) is 16.5 Å². The first-order chi connectivity index (χ1) is 9.00. The Hall–Kier alpha value is -1.47. The van der Waals surface area contributed by atoms with E-state index in [0.717, 1.165) is 0 Å². The highest BCUT2D eigenvalue weighted by molar-refractivity contribution is 7.09. The molecule has 0 bridgehead atoms. The molecule has 1 amide bonds. The molecule has 1 aliphatic rings. The SMILES string of the molecule is CC(C)CN1C(=O)COC(C(=O)O)C1c1nccs1. The van der Waals surface area contributed by atoms with Crippen LogP contribution in [0.15, 0.2) is 11.6 Å². The van der Waals surface area contributed by atoms with Crippen molar-refractivity contribution in [3.63, 3.8) is 0 Å². The Labute approximate surface area is 115 Å². The second-order valence-electron chi connectivity index (χ2n) is 4.82. The summed E-state index contributed by atoms with van der Waals surface area (Å²) in [6.45, 7) is 4.27. The molecule has 104 valence electrons. The smallest absolute Gasteiger partial charge is 0.335 e. The summed E-state index contributed by atoms with van der Waals surface area (Å²) in [5, 5.41) is 11.6. The molecule has 2 heterocycles. The lowest BCUT2D eigenvalue weighted by molar-refractivity contribution is -0.173. The molecule has 6 nitrogen and oxygen atoms in total. The number of hydrogen-bond donors (Lipinski definition) is 1. The molecule has 0 saturated carbocycles. The maximum atomic E-state index is 12.0. The number of carbonyl (C=O) groups excluding carboxylic acids is 1. The number of amides is 1. The lowest BCUT2D eigenvalue weighted by Gasteiger charge is -2.38. The molecule has 1 aromatic rings. The number of hydrogen-bond acceptors (Lipinski definition) is 5. The first-order valence-corrected chi connectivity index (χ1v) is 6.92. The van der Waals surface area contributed by atoms with Crippen LogP contribution < -0.4 is 0 Å². The van der Waals surface area contributed by atoms with Crippen LogP contribution in [0.5, 0.6) is 0 Å². The van der Waals surface area contributed by atoms with Crippen LogP contribution in [-0.4, -0.2) is 46.1 Å². The maximum Gasteiger partial charge on any atom is 0.335 e. The number of aromatic nitrogens is 1. The Balaban J connectivity index is 2.35. The van der Waals surface area contributed by atoms with Gasteiger partial charge in [0.15, 0.2) is 6.10 Å². The van der Waals surface area contributed by atoms with E-state index in [9.17, 15) is 14.7 Å². The molecule has 7 heteroatoms. The van der Waals surface area contributed by atoms with Crippen molar-refractivity contribution in [1.29, 1.82) is 0 Å². The third kappa shape index (κ3) is 2.93. The Morgan fingerprint density at radius 1 is 1.68 bits per heavy atom. The number of carboxylic acid groups (broad SMARTS) is 1. The number of thiazole rings is 1. The van der Waals surface area contributed by atoms with E-state index in [4.69, 9.17) is 4.74 Å². The van der Waals surface area contributed by atoms with Crippen LogP contribution in [-0.2, 0) is 14.3 Å². The van der Waals surface area contributed by atoms with E-state index in [2.05, 4.69) is 4.98 Å². The predicted molar refractivity (Wildman–Crippen MR) is 68.8 cm³/mol. The molecule has 1 N–H and O–H groups in total. The molecule has 2 rings (SSSR count). The predicted octanol–water partition coefficient (Wildman–Crippen LogP) is 1.15. The van der Waals surface area contributed by atoms with Gasteiger partial charge in [-0.3, -0.25) is 4.79 Å². The van der Waals surface area contributed by atoms with Gasteiger partial charge >= 0.3 is 5.97 Å². The topological polar surface area (TPSA) is 79.7 Å². The number of nitrogens with zero attached hydrogens (tertiary/aromatic N) is 2. The van der Waals surface area contributed by atoms with Gasteiger partial charge in [0.2, 0.25) is 5.91 Å². The van der Waals surface area contributed by atoms with Crippen molar-refractivity contribution < 1.29 is 19.4 Å². The van der Waals surface area contributed by atoms with Crippen molar-refractivity contribution in [2.24, 2.45) is 5.92 Å².